The van der Waals surface area contributed by atoms with Crippen LogP contribution in [0.2, 0.25) is 0 Å². The van der Waals surface area contributed by atoms with E-state index in [0.717, 1.165) is 26.1 Å². The highest BCUT2D eigenvalue weighted by molar-refractivity contribution is 5.80. The largest absolute Gasteiger partial charge is 0.381 e. The summed E-state index contributed by atoms with van der Waals surface area (Å²) in [5, 5.41) is 0. The molecule has 0 bridgehead atoms. The van der Waals surface area contributed by atoms with Gasteiger partial charge in [0.1, 0.15) is 0 Å². The Kier molecular flexibility index (Phi) is 3.78. The summed E-state index contributed by atoms with van der Waals surface area (Å²) in [7, 11) is 1.86. The summed E-state index contributed by atoms with van der Waals surface area (Å²) in [5.74, 6) is -0.0373. The molecule has 2 unspecified atom stereocenters. The van der Waals surface area contributed by atoms with Crippen molar-refractivity contribution in [3.05, 3.63) is 0 Å². The second-order valence-corrected chi connectivity index (χ2v) is 4.60. The molecule has 2 rings (SSSR count). The Morgan fingerprint density at radius 1 is 1.25 bits per heavy atom. The molecule has 16 heavy (non-hydrogen) atoms. The van der Waals surface area contributed by atoms with Gasteiger partial charge in [-0.1, -0.05) is 0 Å². The van der Waals surface area contributed by atoms with Crippen LogP contribution in [0.15, 0.2) is 0 Å². The van der Waals surface area contributed by atoms with Gasteiger partial charge in [0.05, 0.1) is 19.1 Å². The van der Waals surface area contributed by atoms with Gasteiger partial charge in [-0.2, -0.15) is 0 Å². The van der Waals surface area contributed by atoms with Crippen molar-refractivity contribution in [1.82, 2.24) is 4.90 Å². The lowest BCUT2D eigenvalue weighted by Gasteiger charge is -2.33. The fraction of sp³-hybridized carbons (Fsp3) is 0.909. The molecule has 0 radical (unpaired) electrons. The van der Waals surface area contributed by atoms with E-state index < -0.39 is 0 Å². The summed E-state index contributed by atoms with van der Waals surface area (Å²) in [6.07, 6.45) is 1.84. The number of hydrogen-bond acceptors (Lipinski definition) is 4. The van der Waals surface area contributed by atoms with Gasteiger partial charge in [0.15, 0.2) is 0 Å². The normalized spacial score (nSPS) is 31.6. The van der Waals surface area contributed by atoms with Gasteiger partial charge in [-0.25, -0.2) is 0 Å². The van der Waals surface area contributed by atoms with E-state index in [1.807, 2.05) is 11.9 Å². The molecule has 2 aliphatic heterocycles. The minimum atomic E-state index is -0.159. The highest BCUT2D eigenvalue weighted by Crippen LogP contribution is 2.19. The van der Waals surface area contributed by atoms with E-state index in [2.05, 4.69) is 0 Å². The zero-order valence-corrected chi connectivity index (χ0v) is 9.72. The number of amides is 1. The van der Waals surface area contributed by atoms with Crippen LogP contribution in [0, 0.1) is 5.92 Å². The summed E-state index contributed by atoms with van der Waals surface area (Å²) in [5.41, 5.74) is 5.85. The van der Waals surface area contributed by atoms with Gasteiger partial charge in [0.25, 0.3) is 0 Å². The number of nitrogens with two attached hydrogens (primary N) is 1. The third-order valence-electron chi connectivity index (χ3n) is 3.53. The Balaban J connectivity index is 1.92. The monoisotopic (exact) mass is 228 g/mol. The van der Waals surface area contributed by atoms with Gasteiger partial charge in [-0.3, -0.25) is 4.79 Å². The van der Waals surface area contributed by atoms with Crippen molar-refractivity contribution in [3.63, 3.8) is 0 Å². The second kappa shape index (κ2) is 5.12. The van der Waals surface area contributed by atoms with Crippen LogP contribution in [-0.2, 0) is 14.3 Å². The van der Waals surface area contributed by atoms with E-state index in [4.69, 9.17) is 15.2 Å². The van der Waals surface area contributed by atoms with Gasteiger partial charge < -0.3 is 20.1 Å². The van der Waals surface area contributed by atoms with Crippen molar-refractivity contribution in [3.8, 4) is 0 Å². The molecule has 1 amide bonds. The van der Waals surface area contributed by atoms with E-state index >= 15 is 0 Å². The number of hydrogen-bond donors (Lipinski definition) is 1. The molecule has 2 saturated heterocycles. The Labute approximate surface area is 95.9 Å². The number of nitrogens with zero attached hydrogens (tertiary/aromatic N) is 1. The lowest BCUT2D eigenvalue weighted by atomic mass is 10.0. The molecule has 2 heterocycles. The number of ether oxygens (including phenoxy) is 2. The standard InChI is InChI=1S/C11H20N2O3/c1-13(8-2-4-15-5-3-8)11(14)9-6-16-7-10(9)12/h8-10H,2-7,12H2,1H3. The molecule has 0 aliphatic carbocycles. The Bertz CT molecular complexity index is 254. The number of carbonyl (C=O) groups excluding carboxylic acids is 1. The number of rotatable bonds is 2. The molecule has 0 aromatic carbocycles. The maximum Gasteiger partial charge on any atom is 0.229 e. The molecule has 0 spiro atoms. The van der Waals surface area contributed by atoms with E-state index in [0.29, 0.717) is 19.3 Å². The first-order chi connectivity index (χ1) is 7.70. The highest BCUT2D eigenvalue weighted by atomic mass is 16.5. The third kappa shape index (κ3) is 2.36. The molecule has 2 atom stereocenters. The summed E-state index contributed by atoms with van der Waals surface area (Å²) in [4.78, 5) is 14.0. The first kappa shape index (κ1) is 11.8. The van der Waals surface area contributed by atoms with Gasteiger partial charge in [0.2, 0.25) is 5.91 Å². The zero-order valence-electron chi connectivity index (χ0n) is 9.72. The van der Waals surface area contributed by atoms with Crippen LogP contribution in [-0.4, -0.2) is 56.4 Å². The predicted octanol–water partition coefficient (Wildman–Crippen LogP) is -0.402. The van der Waals surface area contributed by atoms with Crippen molar-refractivity contribution in [2.45, 2.75) is 24.9 Å². The first-order valence-corrected chi connectivity index (χ1v) is 5.88. The lowest BCUT2D eigenvalue weighted by Crippen LogP contribution is -2.47. The van der Waals surface area contributed by atoms with Gasteiger partial charge in [0, 0.05) is 32.3 Å². The average molecular weight is 228 g/mol. The molecule has 2 N–H and O–H groups in total. The molecular weight excluding hydrogens is 208 g/mol. The van der Waals surface area contributed by atoms with Crippen LogP contribution in [0.5, 0.6) is 0 Å². The SMILES string of the molecule is CN(C(=O)C1COCC1N)C1CCOCC1. The molecule has 92 valence electrons. The number of carbonyl (C=O) groups is 1. The lowest BCUT2D eigenvalue weighted by molar-refractivity contribution is -0.138. The molecule has 0 aromatic heterocycles. The summed E-state index contributed by atoms with van der Waals surface area (Å²) < 4.78 is 10.5. The summed E-state index contributed by atoms with van der Waals surface area (Å²) in [6, 6.07) is 0.156. The van der Waals surface area contributed by atoms with Gasteiger partial charge >= 0.3 is 0 Å². The molecule has 0 aromatic rings. The van der Waals surface area contributed by atoms with Crippen LogP contribution in [0.25, 0.3) is 0 Å². The highest BCUT2D eigenvalue weighted by Gasteiger charge is 2.35. The van der Waals surface area contributed by atoms with Gasteiger partial charge in [-0.15, -0.1) is 0 Å². The molecule has 0 saturated carbocycles. The minimum absolute atomic E-state index is 0.122. The Morgan fingerprint density at radius 3 is 2.50 bits per heavy atom. The molecule has 5 nitrogen and oxygen atoms in total. The minimum Gasteiger partial charge on any atom is -0.381 e. The van der Waals surface area contributed by atoms with Crippen LogP contribution in [0.1, 0.15) is 12.8 Å². The fourth-order valence-electron chi connectivity index (χ4n) is 2.34. The van der Waals surface area contributed by atoms with E-state index in [1.54, 1.807) is 0 Å². The summed E-state index contributed by atoms with van der Waals surface area (Å²) >= 11 is 0. The Hall–Kier alpha value is -0.650. The first-order valence-electron chi connectivity index (χ1n) is 5.88. The van der Waals surface area contributed by atoms with Crippen molar-refractivity contribution in [2.24, 2.45) is 11.7 Å². The van der Waals surface area contributed by atoms with E-state index in [9.17, 15) is 4.79 Å². The smallest absolute Gasteiger partial charge is 0.229 e. The third-order valence-corrected chi connectivity index (χ3v) is 3.53. The Morgan fingerprint density at radius 2 is 1.94 bits per heavy atom. The van der Waals surface area contributed by atoms with Crippen LogP contribution in [0.3, 0.4) is 0 Å². The van der Waals surface area contributed by atoms with E-state index in [-0.39, 0.29) is 17.9 Å². The van der Waals surface area contributed by atoms with Crippen molar-refractivity contribution < 1.29 is 14.3 Å². The van der Waals surface area contributed by atoms with Crippen LogP contribution < -0.4 is 5.73 Å². The van der Waals surface area contributed by atoms with Crippen LogP contribution in [0.4, 0.5) is 0 Å². The summed E-state index contributed by atoms with van der Waals surface area (Å²) in [6.45, 7) is 2.45. The second-order valence-electron chi connectivity index (χ2n) is 4.60. The fourth-order valence-corrected chi connectivity index (χ4v) is 2.34. The van der Waals surface area contributed by atoms with Crippen LogP contribution >= 0.6 is 0 Å². The molecular formula is C11H20N2O3. The molecule has 2 aliphatic rings. The van der Waals surface area contributed by atoms with Crippen molar-refractivity contribution in [2.75, 3.05) is 33.5 Å². The van der Waals surface area contributed by atoms with Crippen molar-refractivity contribution in [1.29, 1.82) is 0 Å². The maximum atomic E-state index is 12.2. The van der Waals surface area contributed by atoms with E-state index in [1.165, 1.54) is 0 Å². The van der Waals surface area contributed by atoms with Crippen molar-refractivity contribution >= 4 is 5.91 Å². The quantitative estimate of drug-likeness (QED) is 0.698. The zero-order chi connectivity index (χ0) is 11.5. The van der Waals surface area contributed by atoms with Gasteiger partial charge in [-0.05, 0) is 12.8 Å². The average Bonchev–Trinajstić information content (AvgIpc) is 2.75. The topological polar surface area (TPSA) is 64.8 Å². The molecule has 5 heteroatoms. The maximum absolute atomic E-state index is 12.2. The molecule has 2 fully saturated rings. The predicted molar refractivity (Wildman–Crippen MR) is 58.9 cm³/mol.